The maximum Gasteiger partial charge on any atom is 0.222 e. The van der Waals surface area contributed by atoms with Gasteiger partial charge in [0.15, 0.2) is 0 Å². The molecule has 0 saturated carbocycles. The molecule has 2 aliphatic rings. The smallest absolute Gasteiger partial charge is 0.222 e. The molecule has 0 spiro atoms. The van der Waals surface area contributed by atoms with Crippen LogP contribution in [0.2, 0.25) is 0 Å². The van der Waals surface area contributed by atoms with Crippen LogP contribution in [0.4, 0.5) is 0 Å². The number of amides is 1. The standard InChI is InChI=1S/C19H31N3O2/c1-14-17(15(2)24-20-14)9-10-19(23)21(3)13-16-7-6-12-22-11-5-4-8-18(16)22/h16,18H,4-13H2,1-3H3/t16-,18+/m0/s1. The molecule has 2 saturated heterocycles. The minimum Gasteiger partial charge on any atom is -0.361 e. The van der Waals surface area contributed by atoms with Crippen molar-refractivity contribution in [3.63, 3.8) is 0 Å². The average Bonchev–Trinajstić information content (AvgIpc) is 2.91. The molecule has 2 aliphatic heterocycles. The topological polar surface area (TPSA) is 49.6 Å². The van der Waals surface area contributed by atoms with Gasteiger partial charge in [-0.1, -0.05) is 11.6 Å². The molecule has 1 aromatic heterocycles. The number of aryl methyl sites for hydroxylation is 2. The zero-order chi connectivity index (χ0) is 17.1. The van der Waals surface area contributed by atoms with E-state index in [9.17, 15) is 4.79 Å². The summed E-state index contributed by atoms with van der Waals surface area (Å²) in [6.07, 6.45) is 7.82. The molecular weight excluding hydrogens is 302 g/mol. The summed E-state index contributed by atoms with van der Waals surface area (Å²) in [7, 11) is 1.97. The number of aromatic nitrogens is 1. The second kappa shape index (κ2) is 7.68. The van der Waals surface area contributed by atoms with E-state index in [-0.39, 0.29) is 5.91 Å². The minimum atomic E-state index is 0.239. The summed E-state index contributed by atoms with van der Waals surface area (Å²) in [5.41, 5.74) is 2.00. The number of carbonyl (C=O) groups is 1. The van der Waals surface area contributed by atoms with Crippen molar-refractivity contribution in [2.45, 2.75) is 64.8 Å². The van der Waals surface area contributed by atoms with E-state index in [1.54, 1.807) is 0 Å². The summed E-state index contributed by atoms with van der Waals surface area (Å²) in [6, 6.07) is 0.699. The van der Waals surface area contributed by atoms with Crippen LogP contribution in [-0.4, -0.2) is 53.6 Å². The second-order valence-electron chi connectivity index (χ2n) is 7.58. The van der Waals surface area contributed by atoms with Crippen LogP contribution in [0.1, 0.15) is 55.5 Å². The Morgan fingerprint density at radius 3 is 2.79 bits per heavy atom. The van der Waals surface area contributed by atoms with E-state index in [2.05, 4.69) is 10.1 Å². The molecule has 0 radical (unpaired) electrons. The fourth-order valence-corrected chi connectivity index (χ4v) is 4.53. The van der Waals surface area contributed by atoms with Crippen LogP contribution in [0.15, 0.2) is 4.52 Å². The molecule has 2 atom stereocenters. The molecule has 1 aromatic rings. The van der Waals surface area contributed by atoms with Crippen molar-refractivity contribution >= 4 is 5.91 Å². The second-order valence-corrected chi connectivity index (χ2v) is 7.58. The van der Waals surface area contributed by atoms with Gasteiger partial charge in [0.25, 0.3) is 0 Å². The van der Waals surface area contributed by atoms with Crippen molar-refractivity contribution in [1.29, 1.82) is 0 Å². The lowest BCUT2D eigenvalue weighted by Gasteiger charge is -2.45. The highest BCUT2D eigenvalue weighted by atomic mass is 16.5. The van der Waals surface area contributed by atoms with Crippen molar-refractivity contribution in [2.24, 2.45) is 5.92 Å². The summed E-state index contributed by atoms with van der Waals surface area (Å²) in [5, 5.41) is 3.97. The van der Waals surface area contributed by atoms with Gasteiger partial charge < -0.3 is 14.3 Å². The van der Waals surface area contributed by atoms with Gasteiger partial charge in [-0.3, -0.25) is 4.79 Å². The number of nitrogens with zero attached hydrogens (tertiary/aromatic N) is 3. The van der Waals surface area contributed by atoms with Gasteiger partial charge in [-0.2, -0.15) is 0 Å². The van der Waals surface area contributed by atoms with E-state index < -0.39 is 0 Å². The molecule has 5 heteroatoms. The van der Waals surface area contributed by atoms with Gasteiger partial charge in [0.1, 0.15) is 5.76 Å². The van der Waals surface area contributed by atoms with E-state index in [0.29, 0.717) is 18.4 Å². The molecule has 5 nitrogen and oxygen atoms in total. The molecule has 0 bridgehead atoms. The number of hydrogen-bond donors (Lipinski definition) is 0. The van der Waals surface area contributed by atoms with Crippen molar-refractivity contribution in [3.8, 4) is 0 Å². The van der Waals surface area contributed by atoms with Gasteiger partial charge in [0.05, 0.1) is 5.69 Å². The van der Waals surface area contributed by atoms with Crippen LogP contribution < -0.4 is 0 Å². The summed E-state index contributed by atoms with van der Waals surface area (Å²) < 4.78 is 5.19. The Morgan fingerprint density at radius 1 is 1.25 bits per heavy atom. The van der Waals surface area contributed by atoms with Crippen LogP contribution in [0.25, 0.3) is 0 Å². The van der Waals surface area contributed by atoms with Gasteiger partial charge in [0, 0.05) is 31.6 Å². The Hall–Kier alpha value is -1.36. The Morgan fingerprint density at radius 2 is 2.04 bits per heavy atom. The Bertz CT molecular complexity index is 547. The molecule has 3 rings (SSSR count). The van der Waals surface area contributed by atoms with Crippen LogP contribution in [0, 0.1) is 19.8 Å². The Balaban J connectivity index is 1.52. The number of fused-ring (bicyclic) bond motifs is 1. The number of rotatable bonds is 5. The molecule has 0 aromatic carbocycles. The third-order valence-electron chi connectivity index (χ3n) is 5.93. The monoisotopic (exact) mass is 333 g/mol. The van der Waals surface area contributed by atoms with Crippen molar-refractivity contribution in [2.75, 3.05) is 26.7 Å². The molecule has 0 unspecified atom stereocenters. The zero-order valence-electron chi connectivity index (χ0n) is 15.4. The van der Waals surface area contributed by atoms with Crippen LogP contribution in [-0.2, 0) is 11.2 Å². The van der Waals surface area contributed by atoms with Crippen LogP contribution in [0.3, 0.4) is 0 Å². The lowest BCUT2D eigenvalue weighted by atomic mass is 9.83. The SMILES string of the molecule is Cc1noc(C)c1CCC(=O)N(C)C[C@@H]1CCCN2CCCC[C@H]12. The van der Waals surface area contributed by atoms with Crippen LogP contribution in [0.5, 0.6) is 0 Å². The normalized spacial score (nSPS) is 24.6. The summed E-state index contributed by atoms with van der Waals surface area (Å²) in [5.74, 6) is 1.73. The first-order valence-corrected chi connectivity index (χ1v) is 9.46. The van der Waals surface area contributed by atoms with E-state index >= 15 is 0 Å². The first-order chi connectivity index (χ1) is 11.6. The highest BCUT2D eigenvalue weighted by Gasteiger charge is 2.33. The number of hydrogen-bond acceptors (Lipinski definition) is 4. The first kappa shape index (κ1) is 17.5. The summed E-state index contributed by atoms with van der Waals surface area (Å²) in [6.45, 7) is 7.28. The van der Waals surface area contributed by atoms with Gasteiger partial charge >= 0.3 is 0 Å². The van der Waals surface area contributed by atoms with Gasteiger partial charge in [-0.15, -0.1) is 0 Å². The fourth-order valence-electron chi connectivity index (χ4n) is 4.53. The van der Waals surface area contributed by atoms with E-state index in [0.717, 1.165) is 30.0 Å². The van der Waals surface area contributed by atoms with Gasteiger partial charge in [-0.25, -0.2) is 0 Å². The molecule has 1 amide bonds. The average molecular weight is 333 g/mol. The molecular formula is C19H31N3O2. The van der Waals surface area contributed by atoms with Crippen LogP contribution >= 0.6 is 0 Å². The Kier molecular flexibility index (Phi) is 5.59. The molecule has 0 N–H and O–H groups in total. The lowest BCUT2D eigenvalue weighted by molar-refractivity contribution is -0.131. The zero-order valence-corrected chi connectivity index (χ0v) is 15.4. The van der Waals surface area contributed by atoms with Crippen molar-refractivity contribution in [3.05, 3.63) is 17.0 Å². The van der Waals surface area contributed by atoms with Crippen molar-refractivity contribution < 1.29 is 9.32 Å². The molecule has 134 valence electrons. The molecule has 0 aliphatic carbocycles. The van der Waals surface area contributed by atoms with E-state index in [4.69, 9.17) is 4.52 Å². The fraction of sp³-hybridized carbons (Fsp3) is 0.789. The minimum absolute atomic E-state index is 0.239. The predicted molar refractivity (Wildman–Crippen MR) is 93.9 cm³/mol. The predicted octanol–water partition coefficient (Wildman–Crippen LogP) is 2.95. The van der Waals surface area contributed by atoms with E-state index in [1.807, 2.05) is 25.8 Å². The highest BCUT2D eigenvalue weighted by Crippen LogP contribution is 2.31. The molecule has 3 heterocycles. The number of piperidine rings is 2. The maximum atomic E-state index is 12.6. The van der Waals surface area contributed by atoms with Gasteiger partial charge in [0.2, 0.25) is 5.91 Å². The summed E-state index contributed by atoms with van der Waals surface area (Å²) in [4.78, 5) is 17.2. The lowest BCUT2D eigenvalue weighted by Crippen LogP contribution is -2.51. The van der Waals surface area contributed by atoms with Crippen molar-refractivity contribution in [1.82, 2.24) is 15.0 Å². The Labute approximate surface area is 145 Å². The van der Waals surface area contributed by atoms with E-state index in [1.165, 1.54) is 45.2 Å². The number of carbonyl (C=O) groups excluding carboxylic acids is 1. The molecule has 2 fully saturated rings. The largest absolute Gasteiger partial charge is 0.361 e. The van der Waals surface area contributed by atoms with Gasteiger partial charge in [-0.05, 0) is 65.0 Å². The maximum absolute atomic E-state index is 12.6. The first-order valence-electron chi connectivity index (χ1n) is 9.46. The summed E-state index contributed by atoms with van der Waals surface area (Å²) >= 11 is 0. The molecule has 24 heavy (non-hydrogen) atoms. The third kappa shape index (κ3) is 3.82. The third-order valence-corrected chi connectivity index (χ3v) is 5.93. The highest BCUT2D eigenvalue weighted by molar-refractivity contribution is 5.76. The quantitative estimate of drug-likeness (QED) is 0.831.